The zero-order valence-corrected chi connectivity index (χ0v) is 19.0. The van der Waals surface area contributed by atoms with Gasteiger partial charge in [0.05, 0.1) is 18.0 Å². The van der Waals surface area contributed by atoms with Gasteiger partial charge < -0.3 is 5.32 Å². The molecule has 2 aromatic rings. The molecule has 0 aliphatic heterocycles. The summed E-state index contributed by atoms with van der Waals surface area (Å²) in [6.45, 7) is 9.83. The van der Waals surface area contributed by atoms with Crippen LogP contribution in [0.1, 0.15) is 61.4 Å². The maximum absolute atomic E-state index is 12.9. The molecule has 158 valence electrons. The van der Waals surface area contributed by atoms with Crippen molar-refractivity contribution >= 4 is 21.6 Å². The lowest BCUT2D eigenvalue weighted by molar-refractivity contribution is -0.120. The van der Waals surface area contributed by atoms with E-state index in [1.807, 2.05) is 58.9 Å². The SMILES string of the molecule is CCC(NC(=O)CN(c1ccccc1C(C)C)S(C)(=O)=O)c1ccc(C)cc1C. The van der Waals surface area contributed by atoms with E-state index in [2.05, 4.69) is 11.4 Å². The van der Waals surface area contributed by atoms with Crippen LogP contribution in [0.4, 0.5) is 5.69 Å². The molecule has 0 fully saturated rings. The van der Waals surface area contributed by atoms with Crippen molar-refractivity contribution in [1.29, 1.82) is 0 Å². The summed E-state index contributed by atoms with van der Waals surface area (Å²) in [5.74, 6) is -0.182. The van der Waals surface area contributed by atoms with Crippen molar-refractivity contribution in [2.24, 2.45) is 0 Å². The van der Waals surface area contributed by atoms with Crippen LogP contribution >= 0.6 is 0 Å². The van der Waals surface area contributed by atoms with Crippen molar-refractivity contribution < 1.29 is 13.2 Å². The summed E-state index contributed by atoms with van der Waals surface area (Å²) >= 11 is 0. The van der Waals surface area contributed by atoms with Crippen LogP contribution in [0.2, 0.25) is 0 Å². The summed E-state index contributed by atoms with van der Waals surface area (Å²) in [4.78, 5) is 12.9. The molecule has 0 saturated heterocycles. The largest absolute Gasteiger partial charge is 0.348 e. The third kappa shape index (κ3) is 5.82. The van der Waals surface area contributed by atoms with Gasteiger partial charge in [0.2, 0.25) is 15.9 Å². The van der Waals surface area contributed by atoms with E-state index in [1.54, 1.807) is 12.1 Å². The number of sulfonamides is 1. The average Bonchev–Trinajstić information content (AvgIpc) is 2.63. The van der Waals surface area contributed by atoms with Crippen molar-refractivity contribution in [2.75, 3.05) is 17.1 Å². The lowest BCUT2D eigenvalue weighted by atomic mass is 9.97. The number of rotatable bonds is 8. The number of hydrogen-bond acceptors (Lipinski definition) is 3. The molecule has 0 bridgehead atoms. The van der Waals surface area contributed by atoms with E-state index >= 15 is 0 Å². The van der Waals surface area contributed by atoms with Gasteiger partial charge in [-0.1, -0.05) is 62.7 Å². The summed E-state index contributed by atoms with van der Waals surface area (Å²) in [5.41, 5.74) is 4.79. The van der Waals surface area contributed by atoms with Gasteiger partial charge in [-0.3, -0.25) is 9.10 Å². The van der Waals surface area contributed by atoms with E-state index in [4.69, 9.17) is 0 Å². The second kappa shape index (κ2) is 9.44. The lowest BCUT2D eigenvalue weighted by Gasteiger charge is -2.27. The summed E-state index contributed by atoms with van der Waals surface area (Å²) < 4.78 is 26.2. The molecule has 0 heterocycles. The molecule has 2 rings (SSSR count). The van der Waals surface area contributed by atoms with Gasteiger partial charge in [0.15, 0.2) is 0 Å². The average molecular weight is 417 g/mol. The zero-order valence-electron chi connectivity index (χ0n) is 18.2. The van der Waals surface area contributed by atoms with Crippen LogP contribution in [0.5, 0.6) is 0 Å². The molecule has 1 amide bonds. The molecule has 0 spiro atoms. The Morgan fingerprint density at radius 2 is 1.72 bits per heavy atom. The Labute approximate surface area is 175 Å². The molecule has 0 saturated carbocycles. The first-order valence-electron chi connectivity index (χ1n) is 9.97. The third-order valence-corrected chi connectivity index (χ3v) is 6.19. The molecule has 0 aliphatic rings. The highest BCUT2D eigenvalue weighted by Crippen LogP contribution is 2.29. The maximum Gasteiger partial charge on any atom is 0.241 e. The molecular formula is C23H32N2O3S. The quantitative estimate of drug-likeness (QED) is 0.691. The summed E-state index contributed by atoms with van der Waals surface area (Å²) in [6, 6.07) is 13.3. The Hall–Kier alpha value is -2.34. The second-order valence-corrected chi connectivity index (χ2v) is 9.78. The molecule has 2 aromatic carbocycles. The number of hydrogen-bond donors (Lipinski definition) is 1. The highest BCUT2D eigenvalue weighted by atomic mass is 32.2. The Morgan fingerprint density at radius 3 is 2.28 bits per heavy atom. The molecule has 1 atom stereocenters. The van der Waals surface area contributed by atoms with Gasteiger partial charge in [0.1, 0.15) is 6.54 Å². The van der Waals surface area contributed by atoms with E-state index in [9.17, 15) is 13.2 Å². The highest BCUT2D eigenvalue weighted by molar-refractivity contribution is 7.92. The Kier molecular flexibility index (Phi) is 7.47. The number of para-hydroxylation sites is 1. The molecule has 0 radical (unpaired) electrons. The van der Waals surface area contributed by atoms with Crippen LogP contribution in [0.25, 0.3) is 0 Å². The van der Waals surface area contributed by atoms with E-state index in [-0.39, 0.29) is 24.4 Å². The van der Waals surface area contributed by atoms with E-state index < -0.39 is 10.0 Å². The summed E-state index contributed by atoms with van der Waals surface area (Å²) in [6.07, 6.45) is 1.86. The normalized spacial score (nSPS) is 12.7. The number of benzene rings is 2. The standard InChI is InChI=1S/C23H32N2O3S/c1-7-21(20-13-12-17(4)14-18(20)5)24-23(26)15-25(29(6,27)28)22-11-9-8-10-19(22)16(2)3/h8-14,16,21H,7,15H2,1-6H3,(H,24,26). The summed E-state index contributed by atoms with van der Waals surface area (Å²) in [5, 5.41) is 3.02. The van der Waals surface area contributed by atoms with Crippen LogP contribution in [0.15, 0.2) is 42.5 Å². The predicted octanol–water partition coefficient (Wildman–Crippen LogP) is 4.46. The van der Waals surface area contributed by atoms with Gasteiger partial charge in [-0.2, -0.15) is 0 Å². The van der Waals surface area contributed by atoms with Crippen LogP contribution in [0.3, 0.4) is 0 Å². The summed E-state index contributed by atoms with van der Waals surface area (Å²) in [7, 11) is -3.62. The molecule has 29 heavy (non-hydrogen) atoms. The third-order valence-electron chi connectivity index (χ3n) is 5.06. The number of amides is 1. The molecule has 1 unspecified atom stereocenters. The number of anilines is 1. The number of carbonyl (C=O) groups is 1. The van der Waals surface area contributed by atoms with Crippen molar-refractivity contribution in [2.45, 2.75) is 53.0 Å². The van der Waals surface area contributed by atoms with Crippen LogP contribution in [-0.4, -0.2) is 27.1 Å². The van der Waals surface area contributed by atoms with Gasteiger partial charge in [-0.15, -0.1) is 0 Å². The predicted molar refractivity (Wildman–Crippen MR) is 120 cm³/mol. The fourth-order valence-corrected chi connectivity index (χ4v) is 4.45. The topological polar surface area (TPSA) is 66.5 Å². The van der Waals surface area contributed by atoms with Gasteiger partial charge in [-0.05, 0) is 48.9 Å². The first-order valence-corrected chi connectivity index (χ1v) is 11.8. The number of carbonyl (C=O) groups excluding carboxylic acids is 1. The lowest BCUT2D eigenvalue weighted by Crippen LogP contribution is -2.42. The smallest absolute Gasteiger partial charge is 0.241 e. The van der Waals surface area contributed by atoms with Crippen molar-refractivity contribution in [1.82, 2.24) is 5.32 Å². The van der Waals surface area contributed by atoms with Gasteiger partial charge in [0.25, 0.3) is 0 Å². The zero-order chi connectivity index (χ0) is 21.8. The Morgan fingerprint density at radius 1 is 1.07 bits per heavy atom. The minimum absolute atomic E-state index is 0.136. The second-order valence-electron chi connectivity index (χ2n) is 7.87. The number of aryl methyl sites for hydroxylation is 2. The number of nitrogens with zero attached hydrogens (tertiary/aromatic N) is 1. The van der Waals surface area contributed by atoms with Crippen LogP contribution < -0.4 is 9.62 Å². The first kappa shape index (κ1) is 22.9. The van der Waals surface area contributed by atoms with Crippen molar-refractivity contribution in [3.8, 4) is 0 Å². The van der Waals surface area contributed by atoms with Crippen LogP contribution in [0, 0.1) is 13.8 Å². The van der Waals surface area contributed by atoms with Crippen molar-refractivity contribution in [3.63, 3.8) is 0 Å². The van der Waals surface area contributed by atoms with Gasteiger partial charge >= 0.3 is 0 Å². The fraction of sp³-hybridized carbons (Fsp3) is 0.435. The maximum atomic E-state index is 12.9. The first-order chi connectivity index (χ1) is 13.5. The molecule has 6 heteroatoms. The van der Waals surface area contributed by atoms with Gasteiger partial charge in [0, 0.05) is 0 Å². The van der Waals surface area contributed by atoms with Crippen LogP contribution in [-0.2, 0) is 14.8 Å². The molecule has 5 nitrogen and oxygen atoms in total. The van der Waals surface area contributed by atoms with E-state index in [0.717, 1.165) is 29.4 Å². The van der Waals surface area contributed by atoms with E-state index in [0.29, 0.717) is 5.69 Å². The molecular weight excluding hydrogens is 384 g/mol. The molecule has 0 aliphatic carbocycles. The monoisotopic (exact) mass is 416 g/mol. The molecule has 0 aromatic heterocycles. The Bertz CT molecular complexity index is 968. The van der Waals surface area contributed by atoms with Gasteiger partial charge in [-0.25, -0.2) is 8.42 Å². The minimum atomic E-state index is -3.62. The minimum Gasteiger partial charge on any atom is -0.348 e. The van der Waals surface area contributed by atoms with E-state index in [1.165, 1.54) is 9.87 Å². The number of nitrogens with one attached hydrogen (secondary N) is 1. The fourth-order valence-electron chi connectivity index (χ4n) is 3.57. The highest BCUT2D eigenvalue weighted by Gasteiger charge is 2.25. The molecule has 1 N–H and O–H groups in total. The van der Waals surface area contributed by atoms with Crippen molar-refractivity contribution in [3.05, 3.63) is 64.7 Å². The Balaban J connectivity index is 2.29.